The van der Waals surface area contributed by atoms with Crippen LogP contribution in [-0.4, -0.2) is 57.5 Å². The monoisotopic (exact) mass is 232 g/mol. The Bertz CT molecular complexity index is 168. The molecule has 0 aliphatic heterocycles. The van der Waals surface area contributed by atoms with Gasteiger partial charge in [0.15, 0.2) is 0 Å². The van der Waals surface area contributed by atoms with Crippen LogP contribution < -0.4 is 5.73 Å². The van der Waals surface area contributed by atoms with Crippen molar-refractivity contribution in [3.05, 3.63) is 0 Å². The van der Waals surface area contributed by atoms with Crippen molar-refractivity contribution in [2.24, 2.45) is 11.7 Å². The second-order valence-corrected chi connectivity index (χ2v) is 4.69. The summed E-state index contributed by atoms with van der Waals surface area (Å²) in [6, 6.07) is 0. The molecule has 0 radical (unpaired) electrons. The van der Waals surface area contributed by atoms with Gasteiger partial charge >= 0.3 is 0 Å². The molecule has 0 aromatic rings. The van der Waals surface area contributed by atoms with Crippen molar-refractivity contribution in [2.75, 3.05) is 47.1 Å². The van der Waals surface area contributed by atoms with Crippen molar-refractivity contribution < 1.29 is 9.47 Å². The zero-order chi connectivity index (χ0) is 12.6. The molecular weight excluding hydrogens is 204 g/mol. The van der Waals surface area contributed by atoms with Crippen LogP contribution in [0.15, 0.2) is 0 Å². The standard InChI is InChI=1S/C12H28N2O2/c1-11(2)12(3,10-13)14(6-8-15-4)7-9-16-5/h11H,6-10,13H2,1-5H3. The summed E-state index contributed by atoms with van der Waals surface area (Å²) in [6.45, 7) is 10.5. The predicted octanol–water partition coefficient (Wildman–Crippen LogP) is 0.955. The van der Waals surface area contributed by atoms with E-state index in [4.69, 9.17) is 15.2 Å². The molecule has 4 heteroatoms. The molecule has 0 saturated carbocycles. The summed E-state index contributed by atoms with van der Waals surface area (Å²) in [5, 5.41) is 0. The van der Waals surface area contributed by atoms with E-state index in [-0.39, 0.29) is 5.54 Å². The highest BCUT2D eigenvalue weighted by atomic mass is 16.5. The number of methoxy groups -OCH3 is 2. The van der Waals surface area contributed by atoms with Crippen molar-refractivity contribution in [3.63, 3.8) is 0 Å². The van der Waals surface area contributed by atoms with E-state index in [0.29, 0.717) is 12.5 Å². The first-order valence-corrected chi connectivity index (χ1v) is 5.96. The summed E-state index contributed by atoms with van der Waals surface area (Å²) in [5.41, 5.74) is 5.94. The van der Waals surface area contributed by atoms with E-state index >= 15 is 0 Å². The highest BCUT2D eigenvalue weighted by Gasteiger charge is 2.33. The van der Waals surface area contributed by atoms with E-state index in [1.165, 1.54) is 0 Å². The minimum atomic E-state index is 0.0110. The van der Waals surface area contributed by atoms with Crippen molar-refractivity contribution in [1.82, 2.24) is 4.90 Å². The molecule has 2 N–H and O–H groups in total. The van der Waals surface area contributed by atoms with Crippen LogP contribution in [0, 0.1) is 5.92 Å². The second kappa shape index (κ2) is 8.01. The molecule has 0 aliphatic rings. The first-order chi connectivity index (χ1) is 7.52. The predicted molar refractivity (Wildman–Crippen MR) is 67.6 cm³/mol. The summed E-state index contributed by atoms with van der Waals surface area (Å²) < 4.78 is 10.3. The molecule has 1 unspecified atom stereocenters. The molecule has 1 atom stereocenters. The maximum atomic E-state index is 5.93. The Balaban J connectivity index is 4.54. The van der Waals surface area contributed by atoms with Gasteiger partial charge in [-0.1, -0.05) is 13.8 Å². The minimum Gasteiger partial charge on any atom is -0.383 e. The van der Waals surface area contributed by atoms with Gasteiger partial charge in [-0.15, -0.1) is 0 Å². The third-order valence-corrected chi connectivity index (χ3v) is 3.51. The van der Waals surface area contributed by atoms with Gasteiger partial charge in [-0.3, -0.25) is 4.90 Å². The number of rotatable bonds is 9. The van der Waals surface area contributed by atoms with Gasteiger partial charge in [0.25, 0.3) is 0 Å². The van der Waals surface area contributed by atoms with Crippen LogP contribution in [0.4, 0.5) is 0 Å². The Kier molecular flexibility index (Phi) is 7.93. The first-order valence-electron chi connectivity index (χ1n) is 5.96. The molecular formula is C12H28N2O2. The van der Waals surface area contributed by atoms with E-state index < -0.39 is 0 Å². The van der Waals surface area contributed by atoms with Gasteiger partial charge in [0, 0.05) is 39.4 Å². The van der Waals surface area contributed by atoms with E-state index in [0.717, 1.165) is 26.3 Å². The number of nitrogens with two attached hydrogens (primary N) is 1. The van der Waals surface area contributed by atoms with Crippen LogP contribution >= 0.6 is 0 Å². The van der Waals surface area contributed by atoms with Crippen LogP contribution in [0.3, 0.4) is 0 Å². The smallest absolute Gasteiger partial charge is 0.0589 e. The lowest BCUT2D eigenvalue weighted by atomic mass is 9.86. The Morgan fingerprint density at radius 2 is 1.56 bits per heavy atom. The maximum absolute atomic E-state index is 5.93. The number of hydrogen-bond donors (Lipinski definition) is 1. The van der Waals surface area contributed by atoms with Crippen molar-refractivity contribution in [3.8, 4) is 0 Å². The summed E-state index contributed by atoms with van der Waals surface area (Å²) in [7, 11) is 3.45. The fourth-order valence-corrected chi connectivity index (χ4v) is 1.76. The van der Waals surface area contributed by atoms with E-state index in [1.54, 1.807) is 14.2 Å². The number of nitrogens with zero attached hydrogens (tertiary/aromatic N) is 1. The summed E-state index contributed by atoms with van der Waals surface area (Å²) in [6.07, 6.45) is 0. The third-order valence-electron chi connectivity index (χ3n) is 3.51. The second-order valence-electron chi connectivity index (χ2n) is 4.69. The van der Waals surface area contributed by atoms with Crippen LogP contribution in [0.1, 0.15) is 20.8 Å². The lowest BCUT2D eigenvalue weighted by molar-refractivity contribution is 0.0214. The first kappa shape index (κ1) is 15.8. The summed E-state index contributed by atoms with van der Waals surface area (Å²) in [5.74, 6) is 0.506. The molecule has 0 spiro atoms. The molecule has 0 amide bonds. The zero-order valence-electron chi connectivity index (χ0n) is 11.5. The zero-order valence-corrected chi connectivity index (χ0v) is 11.5. The van der Waals surface area contributed by atoms with Gasteiger partial charge in [0.2, 0.25) is 0 Å². The van der Waals surface area contributed by atoms with Crippen LogP contribution in [0.2, 0.25) is 0 Å². The van der Waals surface area contributed by atoms with Crippen LogP contribution in [0.5, 0.6) is 0 Å². The van der Waals surface area contributed by atoms with E-state index in [2.05, 4.69) is 25.7 Å². The Hall–Kier alpha value is -0.160. The van der Waals surface area contributed by atoms with Crippen molar-refractivity contribution >= 4 is 0 Å². The largest absolute Gasteiger partial charge is 0.383 e. The Morgan fingerprint density at radius 3 is 1.81 bits per heavy atom. The fraction of sp³-hybridized carbons (Fsp3) is 1.00. The highest BCUT2D eigenvalue weighted by Crippen LogP contribution is 2.23. The van der Waals surface area contributed by atoms with E-state index in [1.807, 2.05) is 0 Å². The third kappa shape index (κ3) is 4.37. The Labute approximate surface area is 100 Å². The molecule has 16 heavy (non-hydrogen) atoms. The topological polar surface area (TPSA) is 47.7 Å². The summed E-state index contributed by atoms with van der Waals surface area (Å²) in [4.78, 5) is 2.37. The lowest BCUT2D eigenvalue weighted by Crippen LogP contribution is -2.57. The SMILES string of the molecule is COCCN(CCOC)C(C)(CN)C(C)C. The fourth-order valence-electron chi connectivity index (χ4n) is 1.76. The van der Waals surface area contributed by atoms with Gasteiger partial charge in [-0.25, -0.2) is 0 Å². The molecule has 0 rings (SSSR count). The van der Waals surface area contributed by atoms with Gasteiger partial charge in [0.05, 0.1) is 13.2 Å². The van der Waals surface area contributed by atoms with Crippen molar-refractivity contribution in [2.45, 2.75) is 26.3 Å². The maximum Gasteiger partial charge on any atom is 0.0589 e. The lowest BCUT2D eigenvalue weighted by Gasteiger charge is -2.43. The highest BCUT2D eigenvalue weighted by molar-refractivity contribution is 4.90. The normalized spacial score (nSPS) is 15.8. The van der Waals surface area contributed by atoms with Crippen molar-refractivity contribution in [1.29, 1.82) is 0 Å². The molecule has 0 bridgehead atoms. The minimum absolute atomic E-state index is 0.0110. The van der Waals surface area contributed by atoms with Gasteiger partial charge < -0.3 is 15.2 Å². The molecule has 4 nitrogen and oxygen atoms in total. The number of hydrogen-bond acceptors (Lipinski definition) is 4. The Morgan fingerprint density at radius 1 is 1.12 bits per heavy atom. The quantitative estimate of drug-likeness (QED) is 0.643. The average Bonchev–Trinajstić information content (AvgIpc) is 2.28. The van der Waals surface area contributed by atoms with E-state index in [9.17, 15) is 0 Å². The van der Waals surface area contributed by atoms with Gasteiger partial charge in [-0.2, -0.15) is 0 Å². The van der Waals surface area contributed by atoms with Crippen LogP contribution in [-0.2, 0) is 9.47 Å². The number of ether oxygens (including phenoxy) is 2. The molecule has 98 valence electrons. The molecule has 0 aromatic heterocycles. The molecule has 0 saturated heterocycles. The molecule has 0 aliphatic carbocycles. The van der Waals surface area contributed by atoms with Gasteiger partial charge in [-0.05, 0) is 12.8 Å². The van der Waals surface area contributed by atoms with Gasteiger partial charge in [0.1, 0.15) is 0 Å². The molecule has 0 fully saturated rings. The molecule has 0 heterocycles. The van der Waals surface area contributed by atoms with Crippen LogP contribution in [0.25, 0.3) is 0 Å². The summed E-state index contributed by atoms with van der Waals surface area (Å²) >= 11 is 0. The molecule has 0 aromatic carbocycles. The average molecular weight is 232 g/mol.